The summed E-state index contributed by atoms with van der Waals surface area (Å²) in [5.74, 6) is 1.12. The Morgan fingerprint density at radius 3 is 3.00 bits per heavy atom. The molecule has 0 unspecified atom stereocenters. The summed E-state index contributed by atoms with van der Waals surface area (Å²) in [5, 5.41) is 2.17. The molecular weight excluding hydrogens is 324 g/mol. The number of thiophene rings is 1. The number of hydrogen-bond donors (Lipinski definition) is 0. The molecule has 0 saturated carbocycles. The van der Waals surface area contributed by atoms with Crippen LogP contribution in [0.15, 0.2) is 35.7 Å². The first-order valence-corrected chi connectivity index (χ1v) is 10.0. The molecule has 1 atom stereocenters. The van der Waals surface area contributed by atoms with Crippen molar-refractivity contribution in [1.82, 2.24) is 9.88 Å². The van der Waals surface area contributed by atoms with Crippen molar-refractivity contribution in [3.63, 3.8) is 0 Å². The summed E-state index contributed by atoms with van der Waals surface area (Å²) in [4.78, 5) is 8.55. The molecule has 0 radical (unpaired) electrons. The average Bonchev–Trinajstić information content (AvgIpc) is 3.15. The van der Waals surface area contributed by atoms with E-state index in [-0.39, 0.29) is 0 Å². The molecule has 0 bridgehead atoms. The molecule has 1 spiro atoms. The van der Waals surface area contributed by atoms with Crippen molar-refractivity contribution in [2.24, 2.45) is 0 Å². The Morgan fingerprint density at radius 2 is 2.22 bits per heavy atom. The highest BCUT2D eigenvalue weighted by Gasteiger charge is 2.49. The summed E-state index contributed by atoms with van der Waals surface area (Å²) in [5.41, 5.74) is 2.11. The van der Waals surface area contributed by atoms with Crippen molar-refractivity contribution in [1.29, 1.82) is 0 Å². The van der Waals surface area contributed by atoms with Gasteiger partial charge in [0.05, 0.1) is 18.4 Å². The van der Waals surface area contributed by atoms with Crippen molar-refractivity contribution in [3.05, 3.63) is 52.0 Å². The number of ether oxygens (including phenoxy) is 1. The molecule has 4 rings (SSSR count). The lowest BCUT2D eigenvalue weighted by molar-refractivity contribution is 0.0253. The molecule has 2 aliphatic heterocycles. The summed E-state index contributed by atoms with van der Waals surface area (Å²) >= 11 is 3.97. The van der Waals surface area contributed by atoms with Crippen LogP contribution in [0.5, 0.6) is 0 Å². The van der Waals surface area contributed by atoms with E-state index in [4.69, 9.17) is 4.74 Å². The molecule has 4 heterocycles. The largest absolute Gasteiger partial charge is 0.371 e. The van der Waals surface area contributed by atoms with E-state index in [1.807, 2.05) is 24.3 Å². The lowest BCUT2D eigenvalue weighted by atomic mass is 9.93. The summed E-state index contributed by atoms with van der Waals surface area (Å²) in [6.45, 7) is 6.19. The summed E-state index contributed by atoms with van der Waals surface area (Å²) in [6, 6.07) is 10.5. The molecule has 23 heavy (non-hydrogen) atoms. The van der Waals surface area contributed by atoms with Gasteiger partial charge in [-0.1, -0.05) is 12.1 Å². The third-order valence-corrected chi connectivity index (χ3v) is 7.01. The number of rotatable bonds is 5. The van der Waals surface area contributed by atoms with Crippen molar-refractivity contribution in [2.45, 2.75) is 37.3 Å². The zero-order chi connectivity index (χ0) is 15.7. The van der Waals surface area contributed by atoms with Crippen molar-refractivity contribution in [2.75, 3.05) is 18.8 Å². The standard InChI is InChI=1S/C18H22N2OS2/c1-14-4-2-5-15(19-14)10-21-16-8-18(23-11-16)12-20(13-18)9-17-6-3-7-22-17/h2-7,16H,8-13H2,1H3/t16-/m0/s1. The number of likely N-dealkylation sites (tertiary alicyclic amines) is 1. The number of aromatic nitrogens is 1. The van der Waals surface area contributed by atoms with Gasteiger partial charge in [-0.2, -0.15) is 0 Å². The first-order chi connectivity index (χ1) is 11.2. The highest BCUT2D eigenvalue weighted by molar-refractivity contribution is 8.01. The van der Waals surface area contributed by atoms with Crippen LogP contribution in [0.25, 0.3) is 0 Å². The molecule has 0 aromatic carbocycles. The molecule has 2 fully saturated rings. The minimum atomic E-state index is 0.381. The van der Waals surface area contributed by atoms with Gasteiger partial charge in [-0.3, -0.25) is 9.88 Å². The van der Waals surface area contributed by atoms with Crippen molar-refractivity contribution >= 4 is 23.1 Å². The van der Waals surface area contributed by atoms with Gasteiger partial charge in [0.15, 0.2) is 0 Å². The lowest BCUT2D eigenvalue weighted by Crippen LogP contribution is -2.58. The molecular formula is C18H22N2OS2. The highest BCUT2D eigenvalue weighted by atomic mass is 32.2. The van der Waals surface area contributed by atoms with Gasteiger partial charge in [-0.05, 0) is 36.9 Å². The Hall–Kier alpha value is -0.880. The molecule has 0 aliphatic carbocycles. The van der Waals surface area contributed by atoms with E-state index >= 15 is 0 Å². The number of pyridine rings is 1. The van der Waals surface area contributed by atoms with Crippen LogP contribution in [0.2, 0.25) is 0 Å². The van der Waals surface area contributed by atoms with E-state index in [1.54, 1.807) is 0 Å². The second kappa shape index (κ2) is 6.55. The van der Waals surface area contributed by atoms with E-state index in [2.05, 4.69) is 51.3 Å². The fraction of sp³-hybridized carbons (Fsp3) is 0.500. The minimum absolute atomic E-state index is 0.381. The first-order valence-electron chi connectivity index (χ1n) is 8.14. The molecule has 3 nitrogen and oxygen atoms in total. The predicted octanol–water partition coefficient (Wildman–Crippen LogP) is 3.73. The Morgan fingerprint density at radius 1 is 1.30 bits per heavy atom. The van der Waals surface area contributed by atoms with E-state index < -0.39 is 0 Å². The second-order valence-electron chi connectivity index (χ2n) is 6.63. The zero-order valence-electron chi connectivity index (χ0n) is 13.4. The van der Waals surface area contributed by atoms with Crippen LogP contribution < -0.4 is 0 Å². The van der Waals surface area contributed by atoms with E-state index in [0.29, 0.717) is 17.5 Å². The average molecular weight is 347 g/mol. The van der Waals surface area contributed by atoms with Crippen LogP contribution in [0.3, 0.4) is 0 Å². The van der Waals surface area contributed by atoms with Crippen LogP contribution in [-0.2, 0) is 17.9 Å². The molecule has 2 aromatic rings. The van der Waals surface area contributed by atoms with Gasteiger partial charge < -0.3 is 4.74 Å². The number of nitrogens with zero attached hydrogens (tertiary/aromatic N) is 2. The quantitative estimate of drug-likeness (QED) is 0.824. The van der Waals surface area contributed by atoms with Gasteiger partial charge in [0, 0.05) is 40.7 Å². The van der Waals surface area contributed by atoms with Crippen molar-refractivity contribution < 1.29 is 4.74 Å². The molecule has 122 valence electrons. The van der Waals surface area contributed by atoms with Crippen LogP contribution in [-0.4, -0.2) is 39.6 Å². The summed E-state index contributed by atoms with van der Waals surface area (Å²) in [7, 11) is 0. The monoisotopic (exact) mass is 346 g/mol. The van der Waals surface area contributed by atoms with Crippen LogP contribution in [0, 0.1) is 6.92 Å². The van der Waals surface area contributed by atoms with Gasteiger partial charge in [0.1, 0.15) is 0 Å². The summed E-state index contributed by atoms with van der Waals surface area (Å²) in [6.07, 6.45) is 1.57. The van der Waals surface area contributed by atoms with Gasteiger partial charge in [0.25, 0.3) is 0 Å². The maximum atomic E-state index is 6.12. The van der Waals surface area contributed by atoms with Gasteiger partial charge in [-0.25, -0.2) is 0 Å². The Bertz CT molecular complexity index is 653. The Kier molecular flexibility index (Phi) is 4.46. The second-order valence-corrected chi connectivity index (χ2v) is 9.15. The Balaban J connectivity index is 1.24. The maximum Gasteiger partial charge on any atom is 0.0892 e. The number of aryl methyl sites for hydroxylation is 1. The minimum Gasteiger partial charge on any atom is -0.371 e. The van der Waals surface area contributed by atoms with E-state index in [1.165, 1.54) is 24.4 Å². The lowest BCUT2D eigenvalue weighted by Gasteiger charge is -2.47. The zero-order valence-corrected chi connectivity index (χ0v) is 15.0. The Labute approximate surface area is 146 Å². The topological polar surface area (TPSA) is 25.4 Å². The van der Waals surface area contributed by atoms with E-state index in [0.717, 1.165) is 23.7 Å². The normalized spacial score (nSPS) is 23.3. The summed E-state index contributed by atoms with van der Waals surface area (Å²) < 4.78 is 6.56. The van der Waals surface area contributed by atoms with Gasteiger partial charge in [-0.15, -0.1) is 23.1 Å². The maximum absolute atomic E-state index is 6.12. The highest BCUT2D eigenvalue weighted by Crippen LogP contribution is 2.46. The fourth-order valence-electron chi connectivity index (χ4n) is 3.52. The van der Waals surface area contributed by atoms with E-state index in [9.17, 15) is 0 Å². The smallest absolute Gasteiger partial charge is 0.0892 e. The molecule has 2 aromatic heterocycles. The molecule has 5 heteroatoms. The van der Waals surface area contributed by atoms with Gasteiger partial charge >= 0.3 is 0 Å². The van der Waals surface area contributed by atoms with Crippen LogP contribution in [0.4, 0.5) is 0 Å². The molecule has 2 aliphatic rings. The fourth-order valence-corrected chi connectivity index (χ4v) is 5.87. The predicted molar refractivity (Wildman–Crippen MR) is 97.0 cm³/mol. The van der Waals surface area contributed by atoms with Crippen LogP contribution >= 0.6 is 23.1 Å². The SMILES string of the molecule is Cc1cccc(CO[C@@H]2CSC3(C2)CN(Cc2cccs2)C3)n1. The number of hydrogen-bond acceptors (Lipinski definition) is 5. The van der Waals surface area contributed by atoms with Crippen molar-refractivity contribution in [3.8, 4) is 0 Å². The van der Waals surface area contributed by atoms with Gasteiger partial charge in [0.2, 0.25) is 0 Å². The third kappa shape index (κ3) is 3.63. The number of thioether (sulfide) groups is 1. The third-order valence-electron chi connectivity index (χ3n) is 4.57. The molecule has 0 amide bonds. The molecule has 2 saturated heterocycles. The first kappa shape index (κ1) is 15.6. The van der Waals surface area contributed by atoms with Crippen LogP contribution in [0.1, 0.15) is 22.7 Å². The molecule has 0 N–H and O–H groups in total.